The number of rotatable bonds is 2. The number of hydrogen-bond acceptors (Lipinski definition) is 5. The number of aromatic nitrogens is 2. The van der Waals surface area contributed by atoms with Gasteiger partial charge in [0.1, 0.15) is 10.3 Å². The van der Waals surface area contributed by atoms with Crippen molar-refractivity contribution in [2.75, 3.05) is 0 Å². The molecule has 0 aromatic carbocycles. The minimum absolute atomic E-state index is 0.477. The Morgan fingerprint density at radius 1 is 0.900 bits per heavy atom. The fourth-order valence-corrected chi connectivity index (χ4v) is 3.62. The van der Waals surface area contributed by atoms with E-state index in [4.69, 9.17) is 40.7 Å². The van der Waals surface area contributed by atoms with E-state index in [1.165, 1.54) is 30.4 Å². The maximum Gasteiger partial charge on any atom is 0.394 e. The summed E-state index contributed by atoms with van der Waals surface area (Å²) in [6.07, 6.45) is 13.3. The van der Waals surface area contributed by atoms with E-state index in [1.54, 1.807) is 12.3 Å². The van der Waals surface area contributed by atoms with E-state index >= 15 is 0 Å². The van der Waals surface area contributed by atoms with E-state index in [1.807, 2.05) is 24.4 Å². The van der Waals surface area contributed by atoms with Crippen LogP contribution in [0.15, 0.2) is 42.7 Å². The Labute approximate surface area is 186 Å². The van der Waals surface area contributed by atoms with Gasteiger partial charge in [-0.2, -0.15) is 8.42 Å². The molecule has 1 saturated carbocycles. The van der Waals surface area contributed by atoms with Gasteiger partial charge in [0, 0.05) is 18.0 Å². The molecule has 2 aliphatic carbocycles. The lowest BCUT2D eigenvalue weighted by Crippen LogP contribution is -2.20. The summed E-state index contributed by atoms with van der Waals surface area (Å²) < 4.78 is 31.6. The Morgan fingerprint density at radius 2 is 1.47 bits per heavy atom. The van der Waals surface area contributed by atoms with Crippen LogP contribution in [0.2, 0.25) is 10.3 Å². The van der Waals surface area contributed by atoms with Crippen molar-refractivity contribution < 1.29 is 22.6 Å². The van der Waals surface area contributed by atoms with E-state index in [9.17, 15) is 5.11 Å². The van der Waals surface area contributed by atoms with Crippen LogP contribution in [0.3, 0.4) is 0 Å². The van der Waals surface area contributed by atoms with Crippen molar-refractivity contribution in [3.63, 3.8) is 0 Å². The van der Waals surface area contributed by atoms with E-state index in [2.05, 4.69) is 16.0 Å². The first kappa shape index (κ1) is 24.7. The third-order valence-electron chi connectivity index (χ3n) is 4.83. The molecule has 2 aromatic rings. The number of hydrogen-bond donors (Lipinski definition) is 3. The topological polar surface area (TPSA) is 121 Å². The van der Waals surface area contributed by atoms with Crippen LogP contribution in [0.4, 0.5) is 0 Å². The average molecular weight is 475 g/mol. The fourth-order valence-electron chi connectivity index (χ4n) is 3.40. The van der Waals surface area contributed by atoms with Crippen molar-refractivity contribution in [2.24, 2.45) is 0 Å². The van der Waals surface area contributed by atoms with Crippen molar-refractivity contribution >= 4 is 39.2 Å². The normalized spacial score (nSPS) is 17.3. The molecule has 30 heavy (non-hydrogen) atoms. The molecule has 0 saturated heterocycles. The minimum atomic E-state index is -4.67. The predicted molar refractivity (Wildman–Crippen MR) is 117 cm³/mol. The molecule has 2 aromatic heterocycles. The quantitative estimate of drug-likeness (QED) is 0.406. The second-order valence-electron chi connectivity index (χ2n) is 7.05. The molecule has 2 heterocycles. The number of nitrogens with zero attached hydrogens (tertiary/aromatic N) is 2. The molecular weight excluding hydrogens is 451 g/mol. The third-order valence-corrected chi connectivity index (χ3v) is 5.28. The first-order chi connectivity index (χ1) is 14.1. The molecule has 10 heteroatoms. The minimum Gasteiger partial charge on any atom is -0.385 e. The molecule has 164 valence electrons. The van der Waals surface area contributed by atoms with Gasteiger partial charge in [0.15, 0.2) is 0 Å². The van der Waals surface area contributed by atoms with Gasteiger partial charge in [-0.15, -0.1) is 0 Å². The summed E-state index contributed by atoms with van der Waals surface area (Å²) in [5, 5.41) is 11.2. The Kier molecular flexibility index (Phi) is 9.21. The zero-order valence-corrected chi connectivity index (χ0v) is 18.5. The summed E-state index contributed by atoms with van der Waals surface area (Å²) in [7, 11) is -4.67. The van der Waals surface area contributed by atoms with Crippen molar-refractivity contribution in [2.45, 2.75) is 50.5 Å². The lowest BCUT2D eigenvalue weighted by molar-refractivity contribution is 0.0441. The molecule has 3 N–H and O–H groups in total. The highest BCUT2D eigenvalue weighted by atomic mass is 35.5. The lowest BCUT2D eigenvalue weighted by Gasteiger charge is -2.21. The highest BCUT2D eigenvalue weighted by molar-refractivity contribution is 7.79. The van der Waals surface area contributed by atoms with Gasteiger partial charge in [0.05, 0.1) is 5.60 Å². The van der Waals surface area contributed by atoms with Crippen molar-refractivity contribution in [1.82, 2.24) is 9.97 Å². The second kappa shape index (κ2) is 11.2. The predicted octanol–water partition coefficient (Wildman–Crippen LogP) is 5.15. The standard InChI is InChI=1S/C10H12ClNO.C10H10ClN.H2O4S/c11-9-4-3-8(7-12-9)10(13)5-1-2-6-10;11-10-6-5-9(7-12-10)8-3-1-2-4-8;1-5(2,3)4/h3-4,7,13H,1-2,5-6H2;3,5-7H,1-2,4H2;(H2,1,2,3,4). The van der Waals surface area contributed by atoms with E-state index in [-0.39, 0.29) is 0 Å². The number of pyridine rings is 2. The summed E-state index contributed by atoms with van der Waals surface area (Å²) in [6, 6.07) is 7.47. The maximum atomic E-state index is 10.2. The van der Waals surface area contributed by atoms with Crippen LogP contribution in [0.5, 0.6) is 0 Å². The van der Waals surface area contributed by atoms with E-state index in [0.717, 1.165) is 31.2 Å². The van der Waals surface area contributed by atoms with Crippen LogP contribution in [0.25, 0.3) is 5.57 Å². The molecule has 2 aliphatic rings. The molecule has 0 atom stereocenters. The molecular formula is C20H24Cl2N2O5S. The fraction of sp³-hybridized carbons (Fsp3) is 0.400. The van der Waals surface area contributed by atoms with Crippen LogP contribution in [-0.2, 0) is 16.0 Å². The molecule has 0 spiro atoms. The maximum absolute atomic E-state index is 10.2. The van der Waals surface area contributed by atoms with Crippen LogP contribution in [0, 0.1) is 0 Å². The Hall–Kier alpha value is -1.55. The summed E-state index contributed by atoms with van der Waals surface area (Å²) >= 11 is 11.4. The van der Waals surface area contributed by atoms with Crippen LogP contribution < -0.4 is 0 Å². The smallest absolute Gasteiger partial charge is 0.385 e. The van der Waals surface area contributed by atoms with Gasteiger partial charge in [-0.25, -0.2) is 9.97 Å². The van der Waals surface area contributed by atoms with Crippen LogP contribution >= 0.6 is 23.2 Å². The van der Waals surface area contributed by atoms with Gasteiger partial charge in [-0.1, -0.05) is 54.3 Å². The van der Waals surface area contributed by atoms with E-state index in [0.29, 0.717) is 10.3 Å². The molecule has 0 amide bonds. The number of halogens is 2. The Balaban J connectivity index is 0.000000176. The zero-order chi connectivity index (χ0) is 22.2. The molecule has 0 aliphatic heterocycles. The van der Waals surface area contributed by atoms with Gasteiger partial charge in [-0.05, 0) is 55.4 Å². The zero-order valence-electron chi connectivity index (χ0n) is 16.2. The molecule has 0 bridgehead atoms. The van der Waals surface area contributed by atoms with Crippen LogP contribution in [0.1, 0.15) is 56.1 Å². The first-order valence-corrected chi connectivity index (χ1v) is 11.6. The van der Waals surface area contributed by atoms with E-state index < -0.39 is 16.0 Å². The van der Waals surface area contributed by atoms with Gasteiger partial charge >= 0.3 is 10.4 Å². The van der Waals surface area contributed by atoms with Crippen molar-refractivity contribution in [3.8, 4) is 0 Å². The summed E-state index contributed by atoms with van der Waals surface area (Å²) in [4.78, 5) is 8.02. The van der Waals surface area contributed by atoms with Gasteiger partial charge in [-0.3, -0.25) is 9.11 Å². The number of aliphatic hydroxyl groups is 1. The van der Waals surface area contributed by atoms with Gasteiger partial charge in [0.25, 0.3) is 0 Å². The monoisotopic (exact) mass is 474 g/mol. The first-order valence-electron chi connectivity index (χ1n) is 9.42. The largest absolute Gasteiger partial charge is 0.394 e. The Morgan fingerprint density at radius 3 is 1.90 bits per heavy atom. The molecule has 1 fully saturated rings. The Bertz CT molecular complexity index is 934. The molecule has 7 nitrogen and oxygen atoms in total. The summed E-state index contributed by atoms with van der Waals surface area (Å²) in [6.45, 7) is 0. The number of allylic oxidation sites excluding steroid dienone is 2. The van der Waals surface area contributed by atoms with Gasteiger partial charge < -0.3 is 5.11 Å². The molecule has 0 radical (unpaired) electrons. The lowest BCUT2D eigenvalue weighted by atomic mass is 9.94. The highest BCUT2D eigenvalue weighted by Crippen LogP contribution is 2.38. The second-order valence-corrected chi connectivity index (χ2v) is 8.72. The summed E-state index contributed by atoms with van der Waals surface area (Å²) in [5.41, 5.74) is 2.89. The highest BCUT2D eigenvalue weighted by Gasteiger charge is 2.32. The molecule has 0 unspecified atom stereocenters. The van der Waals surface area contributed by atoms with Crippen molar-refractivity contribution in [3.05, 3.63) is 64.2 Å². The van der Waals surface area contributed by atoms with Gasteiger partial charge in [0.2, 0.25) is 0 Å². The van der Waals surface area contributed by atoms with Crippen molar-refractivity contribution in [1.29, 1.82) is 0 Å². The average Bonchev–Trinajstić information content (AvgIpc) is 3.35. The summed E-state index contributed by atoms with van der Waals surface area (Å²) in [5.74, 6) is 0. The van der Waals surface area contributed by atoms with Crippen LogP contribution in [-0.4, -0.2) is 32.6 Å². The molecule has 4 rings (SSSR count). The third kappa shape index (κ3) is 8.67. The SMILES string of the molecule is Clc1ccc(C2=CCCC2)cn1.O=S(=O)(O)O.OC1(c2ccc(Cl)nc2)CCCC1.